The molecule has 17 heavy (non-hydrogen) atoms. The van der Waals surface area contributed by atoms with Crippen molar-refractivity contribution in [1.29, 1.82) is 0 Å². The number of aromatic nitrogens is 1. The minimum absolute atomic E-state index is 0.00366. The highest BCUT2D eigenvalue weighted by atomic mass is 19.1. The Hall–Kier alpha value is -1.94. The molecule has 0 aliphatic heterocycles. The summed E-state index contributed by atoms with van der Waals surface area (Å²) in [4.78, 5) is 3.89. The molecule has 0 spiro atoms. The van der Waals surface area contributed by atoms with Crippen LogP contribution in [-0.4, -0.2) is 12.0 Å². The minimum atomic E-state index is -0.425. The molecule has 1 N–H and O–H groups in total. The van der Waals surface area contributed by atoms with Crippen LogP contribution in [0.2, 0.25) is 0 Å². The summed E-state index contributed by atoms with van der Waals surface area (Å²) in [7, 11) is 1.76. The Labute approximate surface area is 99.3 Å². The predicted octanol–water partition coefficient (Wildman–Crippen LogP) is 2.73. The Kier molecular flexibility index (Phi) is 3.67. The van der Waals surface area contributed by atoms with Crippen LogP contribution in [0.5, 0.6) is 11.6 Å². The van der Waals surface area contributed by atoms with Crippen molar-refractivity contribution in [2.75, 3.05) is 7.05 Å². The maximum atomic E-state index is 13.9. The molecule has 88 valence electrons. The fourth-order valence-electron chi connectivity index (χ4n) is 1.46. The van der Waals surface area contributed by atoms with E-state index in [-0.39, 0.29) is 5.88 Å². The lowest BCUT2D eigenvalue weighted by Crippen LogP contribution is -2.08. The van der Waals surface area contributed by atoms with E-state index < -0.39 is 5.82 Å². The molecule has 2 rings (SSSR count). The Balaban J connectivity index is 2.24. The second-order valence-electron chi connectivity index (χ2n) is 3.53. The van der Waals surface area contributed by atoms with Gasteiger partial charge in [0.1, 0.15) is 5.75 Å². The number of rotatable bonds is 4. The van der Waals surface area contributed by atoms with E-state index in [0.717, 1.165) is 0 Å². The fraction of sp³-hybridized carbons (Fsp3) is 0.154. The zero-order valence-corrected chi connectivity index (χ0v) is 9.48. The van der Waals surface area contributed by atoms with E-state index >= 15 is 0 Å². The van der Waals surface area contributed by atoms with Gasteiger partial charge in [-0.1, -0.05) is 18.2 Å². The molecular formula is C13H13FN2O. The van der Waals surface area contributed by atoms with Crippen molar-refractivity contribution in [3.63, 3.8) is 0 Å². The Bertz CT molecular complexity index is 488. The van der Waals surface area contributed by atoms with Gasteiger partial charge in [0.05, 0.1) is 0 Å². The Morgan fingerprint density at radius 3 is 2.71 bits per heavy atom. The van der Waals surface area contributed by atoms with Gasteiger partial charge in [0.2, 0.25) is 0 Å². The third kappa shape index (κ3) is 2.79. The van der Waals surface area contributed by atoms with E-state index in [9.17, 15) is 4.39 Å². The first-order valence-corrected chi connectivity index (χ1v) is 5.32. The second kappa shape index (κ2) is 5.41. The van der Waals surface area contributed by atoms with Crippen LogP contribution < -0.4 is 10.1 Å². The number of nitrogens with zero attached hydrogens (tertiary/aromatic N) is 1. The van der Waals surface area contributed by atoms with E-state index in [1.165, 1.54) is 6.20 Å². The molecule has 1 heterocycles. The predicted molar refractivity (Wildman–Crippen MR) is 63.5 cm³/mol. The van der Waals surface area contributed by atoms with Gasteiger partial charge in [0.15, 0.2) is 5.82 Å². The van der Waals surface area contributed by atoms with Crippen molar-refractivity contribution in [3.8, 4) is 11.6 Å². The molecule has 1 aromatic carbocycles. The summed E-state index contributed by atoms with van der Waals surface area (Å²) in [5.74, 6) is 0.148. The third-order valence-corrected chi connectivity index (χ3v) is 2.26. The molecule has 0 aliphatic carbocycles. The normalized spacial score (nSPS) is 10.2. The van der Waals surface area contributed by atoms with Crippen molar-refractivity contribution in [3.05, 3.63) is 54.0 Å². The van der Waals surface area contributed by atoms with Gasteiger partial charge < -0.3 is 10.1 Å². The molecule has 0 unspecified atom stereocenters. The fourth-order valence-corrected chi connectivity index (χ4v) is 1.46. The van der Waals surface area contributed by atoms with Crippen molar-refractivity contribution in [1.82, 2.24) is 10.3 Å². The lowest BCUT2D eigenvalue weighted by molar-refractivity contribution is 0.418. The average molecular weight is 232 g/mol. The van der Waals surface area contributed by atoms with E-state index in [1.807, 2.05) is 18.2 Å². The molecule has 0 radical (unpaired) electrons. The largest absolute Gasteiger partial charge is 0.436 e. The first-order valence-electron chi connectivity index (χ1n) is 5.32. The molecular weight excluding hydrogens is 219 g/mol. The van der Waals surface area contributed by atoms with Gasteiger partial charge in [-0.05, 0) is 25.2 Å². The molecule has 3 nitrogen and oxygen atoms in total. The van der Waals surface area contributed by atoms with Gasteiger partial charge in [-0.2, -0.15) is 0 Å². The highest BCUT2D eigenvalue weighted by Crippen LogP contribution is 2.23. The van der Waals surface area contributed by atoms with Crippen LogP contribution in [0.25, 0.3) is 0 Å². The van der Waals surface area contributed by atoms with Crippen molar-refractivity contribution in [2.45, 2.75) is 6.54 Å². The zero-order valence-electron chi connectivity index (χ0n) is 9.48. The van der Waals surface area contributed by atoms with E-state index in [1.54, 1.807) is 25.2 Å². The average Bonchev–Trinajstić information content (AvgIpc) is 2.36. The molecule has 0 aliphatic rings. The molecule has 0 saturated carbocycles. The van der Waals surface area contributed by atoms with Crippen molar-refractivity contribution < 1.29 is 9.13 Å². The number of para-hydroxylation sites is 1. The number of hydrogen-bond acceptors (Lipinski definition) is 3. The monoisotopic (exact) mass is 232 g/mol. The van der Waals surface area contributed by atoms with Gasteiger partial charge in [0.25, 0.3) is 5.88 Å². The first kappa shape index (κ1) is 11.5. The number of hydrogen-bond donors (Lipinski definition) is 1. The molecule has 0 atom stereocenters. The molecule has 0 saturated heterocycles. The summed E-state index contributed by atoms with van der Waals surface area (Å²) in [6.45, 7) is 0.444. The summed E-state index contributed by atoms with van der Waals surface area (Å²) >= 11 is 0. The first-order chi connectivity index (χ1) is 8.31. The molecule has 0 bridgehead atoms. The molecule has 0 amide bonds. The smallest absolute Gasteiger partial charge is 0.256 e. The lowest BCUT2D eigenvalue weighted by atomic mass is 10.2. The van der Waals surface area contributed by atoms with Crippen LogP contribution >= 0.6 is 0 Å². The van der Waals surface area contributed by atoms with Gasteiger partial charge >= 0.3 is 0 Å². The van der Waals surface area contributed by atoms with Crippen LogP contribution in [0.1, 0.15) is 5.56 Å². The highest BCUT2D eigenvalue weighted by Gasteiger charge is 2.10. The molecule has 1 aromatic heterocycles. The van der Waals surface area contributed by atoms with E-state index in [4.69, 9.17) is 4.74 Å². The number of nitrogens with one attached hydrogen (secondary N) is 1. The lowest BCUT2D eigenvalue weighted by Gasteiger charge is -2.08. The van der Waals surface area contributed by atoms with Crippen LogP contribution in [0.3, 0.4) is 0 Å². The molecule has 4 heteroatoms. The SMILES string of the molecule is CNCc1ccnc(Oc2ccccc2)c1F. The van der Waals surface area contributed by atoms with Crippen LogP contribution in [0.15, 0.2) is 42.6 Å². The van der Waals surface area contributed by atoms with E-state index in [0.29, 0.717) is 17.9 Å². The third-order valence-electron chi connectivity index (χ3n) is 2.26. The highest BCUT2D eigenvalue weighted by molar-refractivity contribution is 5.30. The minimum Gasteiger partial charge on any atom is -0.436 e. The zero-order chi connectivity index (χ0) is 12.1. The summed E-state index contributed by atoms with van der Waals surface area (Å²) in [6.07, 6.45) is 1.54. The summed E-state index contributed by atoms with van der Waals surface area (Å²) in [5, 5.41) is 2.89. The molecule has 0 fully saturated rings. The summed E-state index contributed by atoms with van der Waals surface area (Å²) < 4.78 is 19.3. The summed E-state index contributed by atoms with van der Waals surface area (Å²) in [6, 6.07) is 10.7. The standard InChI is InChI=1S/C13H13FN2O/c1-15-9-10-7-8-16-13(12(10)14)17-11-5-3-2-4-6-11/h2-8,15H,9H2,1H3. The maximum Gasteiger partial charge on any atom is 0.256 e. The van der Waals surface area contributed by atoms with Crippen molar-refractivity contribution in [2.24, 2.45) is 0 Å². The number of benzene rings is 1. The number of halogens is 1. The van der Waals surface area contributed by atoms with Gasteiger partial charge in [-0.25, -0.2) is 9.37 Å². The van der Waals surface area contributed by atoms with Crippen LogP contribution in [0.4, 0.5) is 4.39 Å². The van der Waals surface area contributed by atoms with Crippen molar-refractivity contribution >= 4 is 0 Å². The maximum absolute atomic E-state index is 13.9. The number of pyridine rings is 1. The Morgan fingerprint density at radius 2 is 2.00 bits per heavy atom. The van der Waals surface area contributed by atoms with Crippen LogP contribution in [-0.2, 0) is 6.54 Å². The van der Waals surface area contributed by atoms with E-state index in [2.05, 4.69) is 10.3 Å². The number of ether oxygens (including phenoxy) is 1. The quantitative estimate of drug-likeness (QED) is 0.880. The topological polar surface area (TPSA) is 34.2 Å². The Morgan fingerprint density at radius 1 is 1.24 bits per heavy atom. The summed E-state index contributed by atoms with van der Waals surface area (Å²) in [5.41, 5.74) is 0.536. The van der Waals surface area contributed by atoms with Gasteiger partial charge in [-0.3, -0.25) is 0 Å². The second-order valence-corrected chi connectivity index (χ2v) is 3.53. The molecule has 2 aromatic rings. The van der Waals surface area contributed by atoms with Gasteiger partial charge in [0, 0.05) is 18.3 Å². The van der Waals surface area contributed by atoms with Gasteiger partial charge in [-0.15, -0.1) is 0 Å². The van der Waals surface area contributed by atoms with Crippen LogP contribution in [0, 0.1) is 5.82 Å².